The van der Waals surface area contributed by atoms with Gasteiger partial charge in [0.2, 0.25) is 4.96 Å². The van der Waals surface area contributed by atoms with Gasteiger partial charge in [-0.15, -0.1) is 0 Å². The molecule has 0 bridgehead atoms. The van der Waals surface area contributed by atoms with Gasteiger partial charge in [-0.25, -0.2) is 4.98 Å². The topological polar surface area (TPSA) is 50.5 Å². The molecular formula is C16H15ClN4OS. The number of halogens is 1. The Labute approximate surface area is 142 Å². The molecule has 3 aromatic rings. The Balaban J connectivity index is 1.63. The standard InChI is InChI=1S/C16H15ClN4OS/c1-20(13-6-4-11(17)5-7-13)9-12-8-14(22)21-16(18-12)23-15(19-21)10-2-3-10/h4-8,10H,2-3,9H2,1H3. The number of rotatable bonds is 4. The van der Waals surface area contributed by atoms with E-state index in [-0.39, 0.29) is 5.56 Å². The van der Waals surface area contributed by atoms with Crippen LogP contribution in [0.25, 0.3) is 4.96 Å². The van der Waals surface area contributed by atoms with E-state index >= 15 is 0 Å². The minimum Gasteiger partial charge on any atom is -0.369 e. The molecule has 1 saturated carbocycles. The molecule has 0 saturated heterocycles. The average Bonchev–Trinajstić information content (AvgIpc) is 3.28. The molecule has 0 unspecified atom stereocenters. The molecule has 0 amide bonds. The van der Waals surface area contributed by atoms with E-state index in [1.807, 2.05) is 36.2 Å². The molecule has 2 aromatic heterocycles. The van der Waals surface area contributed by atoms with Crippen molar-refractivity contribution in [3.8, 4) is 0 Å². The number of hydrogen-bond acceptors (Lipinski definition) is 5. The van der Waals surface area contributed by atoms with Crippen LogP contribution < -0.4 is 10.5 Å². The average molecular weight is 347 g/mol. The van der Waals surface area contributed by atoms with Crippen LogP contribution in [0.15, 0.2) is 35.1 Å². The molecule has 0 spiro atoms. The summed E-state index contributed by atoms with van der Waals surface area (Å²) in [5.74, 6) is 0.529. The molecule has 7 heteroatoms. The van der Waals surface area contributed by atoms with Gasteiger partial charge in [0.15, 0.2) is 0 Å². The SMILES string of the molecule is CN(Cc1cc(=O)n2nc(C3CC3)sc2n1)c1ccc(Cl)cc1. The lowest BCUT2D eigenvalue weighted by atomic mass is 10.3. The van der Waals surface area contributed by atoms with Crippen LogP contribution >= 0.6 is 22.9 Å². The first-order valence-corrected chi connectivity index (χ1v) is 8.66. The summed E-state index contributed by atoms with van der Waals surface area (Å²) in [6.07, 6.45) is 2.33. The molecular weight excluding hydrogens is 332 g/mol. The van der Waals surface area contributed by atoms with Crippen LogP contribution in [0.3, 0.4) is 0 Å². The fraction of sp³-hybridized carbons (Fsp3) is 0.312. The fourth-order valence-corrected chi connectivity index (χ4v) is 3.70. The third kappa shape index (κ3) is 2.96. The molecule has 1 aromatic carbocycles. The van der Waals surface area contributed by atoms with Crippen molar-refractivity contribution in [1.82, 2.24) is 14.6 Å². The smallest absolute Gasteiger partial charge is 0.275 e. The maximum atomic E-state index is 12.2. The van der Waals surface area contributed by atoms with Gasteiger partial charge in [-0.2, -0.15) is 9.61 Å². The van der Waals surface area contributed by atoms with Gasteiger partial charge in [0, 0.05) is 29.7 Å². The van der Waals surface area contributed by atoms with Gasteiger partial charge in [0.25, 0.3) is 5.56 Å². The van der Waals surface area contributed by atoms with Gasteiger partial charge < -0.3 is 4.90 Å². The number of benzene rings is 1. The molecule has 1 aliphatic rings. The van der Waals surface area contributed by atoms with Crippen LogP contribution in [0.5, 0.6) is 0 Å². The third-order valence-corrected chi connectivity index (χ3v) is 5.23. The van der Waals surface area contributed by atoms with Crippen molar-refractivity contribution >= 4 is 33.6 Å². The molecule has 0 N–H and O–H groups in total. The molecule has 118 valence electrons. The summed E-state index contributed by atoms with van der Waals surface area (Å²) in [7, 11) is 1.97. The fourth-order valence-electron chi connectivity index (χ4n) is 2.48. The third-order valence-electron chi connectivity index (χ3n) is 3.91. The zero-order valence-electron chi connectivity index (χ0n) is 12.6. The van der Waals surface area contributed by atoms with Crippen LogP contribution in [0.2, 0.25) is 5.02 Å². The Bertz CT molecular complexity index is 914. The first-order valence-electron chi connectivity index (χ1n) is 7.46. The Morgan fingerprint density at radius 3 is 2.78 bits per heavy atom. The van der Waals surface area contributed by atoms with Gasteiger partial charge in [0.1, 0.15) is 5.01 Å². The highest BCUT2D eigenvalue weighted by atomic mass is 35.5. The number of hydrogen-bond donors (Lipinski definition) is 0. The van der Waals surface area contributed by atoms with Gasteiger partial charge >= 0.3 is 0 Å². The summed E-state index contributed by atoms with van der Waals surface area (Å²) in [6, 6.07) is 9.17. The van der Waals surface area contributed by atoms with Crippen molar-refractivity contribution < 1.29 is 0 Å². The molecule has 23 heavy (non-hydrogen) atoms. The molecule has 1 fully saturated rings. The van der Waals surface area contributed by atoms with Crippen molar-refractivity contribution in [3.63, 3.8) is 0 Å². The van der Waals surface area contributed by atoms with Crippen molar-refractivity contribution in [3.05, 3.63) is 56.4 Å². The predicted octanol–water partition coefficient (Wildman–Crippen LogP) is 3.32. The van der Waals surface area contributed by atoms with E-state index < -0.39 is 0 Å². The Kier molecular flexibility index (Phi) is 3.58. The molecule has 0 radical (unpaired) electrons. The maximum Gasteiger partial charge on any atom is 0.275 e. The molecule has 2 heterocycles. The van der Waals surface area contributed by atoms with E-state index in [1.165, 1.54) is 28.7 Å². The van der Waals surface area contributed by atoms with Gasteiger partial charge in [0.05, 0.1) is 12.2 Å². The largest absolute Gasteiger partial charge is 0.369 e. The lowest BCUT2D eigenvalue weighted by Gasteiger charge is -2.18. The summed E-state index contributed by atoms with van der Waals surface area (Å²) in [5, 5.41) is 6.13. The van der Waals surface area contributed by atoms with Gasteiger partial charge in [-0.05, 0) is 37.1 Å². The van der Waals surface area contributed by atoms with E-state index in [1.54, 1.807) is 6.07 Å². The van der Waals surface area contributed by atoms with Crippen molar-refractivity contribution in [1.29, 1.82) is 0 Å². The van der Waals surface area contributed by atoms with Crippen LogP contribution in [0.1, 0.15) is 29.5 Å². The van der Waals surface area contributed by atoms with Crippen molar-refractivity contribution in [2.24, 2.45) is 0 Å². The van der Waals surface area contributed by atoms with Crippen molar-refractivity contribution in [2.45, 2.75) is 25.3 Å². The van der Waals surface area contributed by atoms with Gasteiger partial charge in [-0.1, -0.05) is 22.9 Å². The van der Waals surface area contributed by atoms with E-state index in [4.69, 9.17) is 11.6 Å². The number of aromatic nitrogens is 3. The predicted molar refractivity (Wildman–Crippen MR) is 92.7 cm³/mol. The second-order valence-corrected chi connectivity index (χ2v) is 7.25. The highest BCUT2D eigenvalue weighted by Crippen LogP contribution is 2.41. The lowest BCUT2D eigenvalue weighted by molar-refractivity contribution is 0.823. The van der Waals surface area contributed by atoms with Crippen LogP contribution in [-0.4, -0.2) is 21.6 Å². The zero-order chi connectivity index (χ0) is 16.0. The molecule has 0 aliphatic heterocycles. The lowest BCUT2D eigenvalue weighted by Crippen LogP contribution is -2.21. The van der Waals surface area contributed by atoms with Gasteiger partial charge in [-0.3, -0.25) is 4.79 Å². The summed E-state index contributed by atoms with van der Waals surface area (Å²) in [4.78, 5) is 19.6. The van der Waals surface area contributed by atoms with E-state index in [0.717, 1.165) is 16.4 Å². The van der Waals surface area contributed by atoms with Crippen LogP contribution in [0, 0.1) is 0 Å². The number of anilines is 1. The first kappa shape index (κ1) is 14.7. The quantitative estimate of drug-likeness (QED) is 0.727. The van der Waals surface area contributed by atoms with E-state index in [9.17, 15) is 4.79 Å². The number of fused-ring (bicyclic) bond motifs is 1. The summed E-state index contributed by atoms with van der Waals surface area (Å²) in [6.45, 7) is 0.560. The monoisotopic (exact) mass is 346 g/mol. The zero-order valence-corrected chi connectivity index (χ0v) is 14.1. The maximum absolute atomic E-state index is 12.2. The minimum atomic E-state index is -0.113. The van der Waals surface area contributed by atoms with Crippen LogP contribution in [-0.2, 0) is 6.54 Å². The second-order valence-electron chi connectivity index (χ2n) is 5.83. The molecule has 5 nitrogen and oxygen atoms in total. The van der Waals surface area contributed by atoms with Crippen molar-refractivity contribution in [2.75, 3.05) is 11.9 Å². The summed E-state index contributed by atoms with van der Waals surface area (Å²) >= 11 is 7.44. The first-order chi connectivity index (χ1) is 11.1. The Morgan fingerprint density at radius 1 is 1.35 bits per heavy atom. The van der Waals surface area contributed by atoms with E-state index in [0.29, 0.717) is 22.4 Å². The molecule has 1 aliphatic carbocycles. The Hall–Kier alpha value is -1.92. The normalized spacial score (nSPS) is 14.3. The van der Waals surface area contributed by atoms with E-state index in [2.05, 4.69) is 10.1 Å². The summed E-state index contributed by atoms with van der Waals surface area (Å²) < 4.78 is 1.42. The summed E-state index contributed by atoms with van der Waals surface area (Å²) in [5.41, 5.74) is 1.66. The molecule has 4 rings (SSSR count). The minimum absolute atomic E-state index is 0.113. The second kappa shape index (κ2) is 5.62. The highest BCUT2D eigenvalue weighted by molar-refractivity contribution is 7.16. The Morgan fingerprint density at radius 2 is 2.09 bits per heavy atom. The number of nitrogens with zero attached hydrogens (tertiary/aromatic N) is 4. The van der Waals surface area contributed by atoms with Crippen LogP contribution in [0.4, 0.5) is 5.69 Å². The highest BCUT2D eigenvalue weighted by Gasteiger charge is 2.28. The molecule has 0 atom stereocenters.